The minimum absolute atomic E-state index is 0.149. The van der Waals surface area contributed by atoms with Crippen molar-refractivity contribution in [2.75, 3.05) is 18.0 Å². The Kier molecular flexibility index (Phi) is 5.22. The maximum Gasteiger partial charge on any atom is 0.266 e. The third-order valence-corrected chi connectivity index (χ3v) is 5.98. The van der Waals surface area contributed by atoms with Gasteiger partial charge in [-0.2, -0.15) is 0 Å². The second kappa shape index (κ2) is 7.82. The molecule has 0 N–H and O–H groups in total. The minimum atomic E-state index is -0.387. The highest BCUT2D eigenvalue weighted by Crippen LogP contribution is 2.36. The number of para-hydroxylation sites is 1. The maximum absolute atomic E-state index is 13.5. The average Bonchev–Trinajstić information content (AvgIpc) is 3.03. The molecule has 2 heterocycles. The van der Waals surface area contributed by atoms with Gasteiger partial charge in [0.05, 0.1) is 22.4 Å². The molecule has 29 heavy (non-hydrogen) atoms. The maximum atomic E-state index is 13.5. The van der Waals surface area contributed by atoms with E-state index in [0.717, 1.165) is 43.2 Å². The molecule has 4 rings (SSSR count). The van der Waals surface area contributed by atoms with E-state index in [1.54, 1.807) is 23.1 Å². The van der Waals surface area contributed by atoms with E-state index in [1.807, 2.05) is 32.0 Å². The molecule has 2 aliphatic rings. The third kappa shape index (κ3) is 3.15. The van der Waals surface area contributed by atoms with Crippen LogP contribution in [0.5, 0.6) is 0 Å². The standard InChI is InChI=1S/C24H26N2O3/c1-3-16-10-8-11-17(4-2)21(16)26-23(28)19-13-9-12-18(20(19)24(26)29)22(27)25-14-6-5-7-15-25/h8-13H,3-7,14-15H2,1-2H3. The number of nitrogens with zero attached hydrogens (tertiary/aromatic N) is 2. The lowest BCUT2D eigenvalue weighted by atomic mass is 10.0. The Morgan fingerprint density at radius 1 is 0.862 bits per heavy atom. The molecular weight excluding hydrogens is 364 g/mol. The van der Waals surface area contributed by atoms with Crippen LogP contribution in [0.1, 0.15) is 75.3 Å². The molecule has 1 fully saturated rings. The summed E-state index contributed by atoms with van der Waals surface area (Å²) in [5.74, 6) is -0.875. The first-order chi connectivity index (χ1) is 14.1. The molecule has 150 valence electrons. The predicted molar refractivity (Wildman–Crippen MR) is 113 cm³/mol. The van der Waals surface area contributed by atoms with Gasteiger partial charge in [-0.25, -0.2) is 4.90 Å². The first-order valence-electron chi connectivity index (χ1n) is 10.5. The monoisotopic (exact) mass is 390 g/mol. The van der Waals surface area contributed by atoms with Crippen molar-refractivity contribution in [1.82, 2.24) is 4.90 Å². The van der Waals surface area contributed by atoms with E-state index >= 15 is 0 Å². The number of carbonyl (C=O) groups excluding carboxylic acids is 3. The molecule has 2 aromatic rings. The largest absolute Gasteiger partial charge is 0.339 e. The fourth-order valence-electron chi connectivity index (χ4n) is 4.44. The van der Waals surface area contributed by atoms with Gasteiger partial charge in [0.2, 0.25) is 0 Å². The number of carbonyl (C=O) groups is 3. The predicted octanol–water partition coefficient (Wildman–Crippen LogP) is 4.24. The van der Waals surface area contributed by atoms with Gasteiger partial charge in [-0.3, -0.25) is 14.4 Å². The Labute approximate surface area is 171 Å². The molecule has 0 saturated carbocycles. The average molecular weight is 390 g/mol. The Hall–Kier alpha value is -2.95. The van der Waals surface area contributed by atoms with Gasteiger partial charge in [-0.15, -0.1) is 0 Å². The second-order valence-electron chi connectivity index (χ2n) is 7.66. The molecule has 2 aliphatic heterocycles. The number of imide groups is 1. The summed E-state index contributed by atoms with van der Waals surface area (Å²) in [4.78, 5) is 43.0. The Balaban J connectivity index is 1.80. The summed E-state index contributed by atoms with van der Waals surface area (Å²) < 4.78 is 0. The van der Waals surface area contributed by atoms with Crippen LogP contribution in [0.25, 0.3) is 0 Å². The van der Waals surface area contributed by atoms with Crippen LogP contribution in [0.4, 0.5) is 5.69 Å². The molecule has 0 aliphatic carbocycles. The van der Waals surface area contributed by atoms with Crippen molar-refractivity contribution < 1.29 is 14.4 Å². The van der Waals surface area contributed by atoms with Crippen molar-refractivity contribution in [2.24, 2.45) is 0 Å². The number of benzene rings is 2. The molecular formula is C24H26N2O3. The number of amides is 3. The number of likely N-dealkylation sites (tertiary alicyclic amines) is 1. The van der Waals surface area contributed by atoms with Crippen LogP contribution in [-0.4, -0.2) is 35.7 Å². The van der Waals surface area contributed by atoms with Gasteiger partial charge >= 0.3 is 0 Å². The minimum Gasteiger partial charge on any atom is -0.339 e. The first-order valence-corrected chi connectivity index (χ1v) is 10.5. The number of fused-ring (bicyclic) bond motifs is 1. The van der Waals surface area contributed by atoms with Crippen LogP contribution in [0.3, 0.4) is 0 Å². The van der Waals surface area contributed by atoms with E-state index in [9.17, 15) is 14.4 Å². The highest BCUT2D eigenvalue weighted by Gasteiger charge is 2.41. The van der Waals surface area contributed by atoms with E-state index in [-0.39, 0.29) is 23.3 Å². The number of rotatable bonds is 4. The zero-order chi connectivity index (χ0) is 20.5. The van der Waals surface area contributed by atoms with Crippen molar-refractivity contribution >= 4 is 23.4 Å². The van der Waals surface area contributed by atoms with Crippen LogP contribution in [0.2, 0.25) is 0 Å². The van der Waals surface area contributed by atoms with Crippen molar-refractivity contribution in [2.45, 2.75) is 46.0 Å². The Bertz CT molecular complexity index is 967. The van der Waals surface area contributed by atoms with Gasteiger partial charge in [-0.05, 0) is 55.4 Å². The normalized spacial score (nSPS) is 16.3. The van der Waals surface area contributed by atoms with Gasteiger partial charge in [0.1, 0.15) is 0 Å². The summed E-state index contributed by atoms with van der Waals surface area (Å²) in [6, 6.07) is 10.9. The molecule has 0 radical (unpaired) electrons. The second-order valence-corrected chi connectivity index (χ2v) is 7.66. The number of piperidine rings is 1. The summed E-state index contributed by atoms with van der Waals surface area (Å²) in [6.45, 7) is 5.43. The molecule has 5 heteroatoms. The van der Waals surface area contributed by atoms with Gasteiger partial charge in [0.25, 0.3) is 17.7 Å². The molecule has 0 unspecified atom stereocenters. The van der Waals surface area contributed by atoms with Crippen molar-refractivity contribution in [3.05, 3.63) is 64.2 Å². The van der Waals surface area contributed by atoms with Gasteiger partial charge < -0.3 is 4.90 Å². The summed E-state index contributed by atoms with van der Waals surface area (Å²) in [5, 5.41) is 0. The third-order valence-electron chi connectivity index (χ3n) is 5.98. The summed E-state index contributed by atoms with van der Waals surface area (Å²) >= 11 is 0. The molecule has 3 amide bonds. The Morgan fingerprint density at radius 2 is 1.48 bits per heavy atom. The lowest BCUT2D eigenvalue weighted by molar-refractivity contribution is 0.0719. The zero-order valence-electron chi connectivity index (χ0n) is 17.0. The number of aryl methyl sites for hydroxylation is 2. The summed E-state index contributed by atoms with van der Waals surface area (Å²) in [5.41, 5.74) is 3.52. The zero-order valence-corrected chi connectivity index (χ0v) is 17.0. The van der Waals surface area contributed by atoms with Crippen molar-refractivity contribution in [3.8, 4) is 0 Å². The quantitative estimate of drug-likeness (QED) is 0.734. The fraction of sp³-hybridized carbons (Fsp3) is 0.375. The highest BCUT2D eigenvalue weighted by atomic mass is 16.2. The summed E-state index contributed by atoms with van der Waals surface area (Å²) in [6.07, 6.45) is 4.51. The van der Waals surface area contributed by atoms with Crippen molar-refractivity contribution in [1.29, 1.82) is 0 Å². The molecule has 0 bridgehead atoms. The fourth-order valence-corrected chi connectivity index (χ4v) is 4.44. The molecule has 1 saturated heterocycles. The molecule has 5 nitrogen and oxygen atoms in total. The molecule has 0 spiro atoms. The lowest BCUT2D eigenvalue weighted by Gasteiger charge is -2.27. The smallest absolute Gasteiger partial charge is 0.266 e. The van der Waals surface area contributed by atoms with E-state index in [1.165, 1.54) is 4.90 Å². The van der Waals surface area contributed by atoms with Gasteiger partial charge in [0, 0.05) is 13.1 Å². The lowest BCUT2D eigenvalue weighted by Crippen LogP contribution is -2.37. The van der Waals surface area contributed by atoms with E-state index in [4.69, 9.17) is 0 Å². The number of hydrogen-bond acceptors (Lipinski definition) is 3. The number of hydrogen-bond donors (Lipinski definition) is 0. The van der Waals surface area contributed by atoms with Crippen molar-refractivity contribution in [3.63, 3.8) is 0 Å². The highest BCUT2D eigenvalue weighted by molar-refractivity contribution is 6.36. The van der Waals surface area contributed by atoms with Gasteiger partial charge in [0.15, 0.2) is 0 Å². The van der Waals surface area contributed by atoms with E-state index in [2.05, 4.69) is 0 Å². The van der Waals surface area contributed by atoms with E-state index < -0.39 is 0 Å². The number of anilines is 1. The first kappa shape index (κ1) is 19.4. The van der Waals surface area contributed by atoms with Crippen LogP contribution in [0.15, 0.2) is 36.4 Å². The SMILES string of the molecule is CCc1cccc(CC)c1N1C(=O)c2cccc(C(=O)N3CCCCC3)c2C1=O. The molecule has 2 aromatic carbocycles. The topological polar surface area (TPSA) is 57.7 Å². The summed E-state index contributed by atoms with van der Waals surface area (Å²) in [7, 11) is 0. The van der Waals surface area contributed by atoms with Gasteiger partial charge in [-0.1, -0.05) is 38.1 Å². The van der Waals surface area contributed by atoms with E-state index in [0.29, 0.717) is 29.9 Å². The van der Waals surface area contributed by atoms with Crippen LogP contribution in [0, 0.1) is 0 Å². The molecule has 0 atom stereocenters. The van der Waals surface area contributed by atoms with Crippen LogP contribution in [-0.2, 0) is 12.8 Å². The van der Waals surface area contributed by atoms with Crippen LogP contribution < -0.4 is 4.90 Å². The van der Waals surface area contributed by atoms with Crippen LogP contribution >= 0.6 is 0 Å². The molecule has 0 aromatic heterocycles. The Morgan fingerprint density at radius 3 is 2.10 bits per heavy atom.